The Bertz CT molecular complexity index is 990. The van der Waals surface area contributed by atoms with Gasteiger partial charge in [0.1, 0.15) is 5.82 Å². The van der Waals surface area contributed by atoms with Crippen LogP contribution in [0, 0.1) is 20.8 Å². The number of anilines is 1. The van der Waals surface area contributed by atoms with E-state index >= 15 is 0 Å². The van der Waals surface area contributed by atoms with Crippen LogP contribution < -0.4 is 5.32 Å². The lowest BCUT2D eigenvalue weighted by Gasteiger charge is -2.06. The Kier molecular flexibility index (Phi) is 5.01. The van der Waals surface area contributed by atoms with Gasteiger partial charge in [0.15, 0.2) is 10.3 Å². The Balaban J connectivity index is 1.39. The van der Waals surface area contributed by atoms with Gasteiger partial charge in [-0.15, -0.1) is 21.5 Å². The van der Waals surface area contributed by atoms with E-state index in [9.17, 15) is 4.79 Å². The van der Waals surface area contributed by atoms with E-state index in [2.05, 4.69) is 57.1 Å². The van der Waals surface area contributed by atoms with Gasteiger partial charge in [-0.25, -0.2) is 4.98 Å². The van der Waals surface area contributed by atoms with Crippen molar-refractivity contribution >= 4 is 34.1 Å². The lowest BCUT2D eigenvalue weighted by molar-refractivity contribution is -0.113. The minimum Gasteiger partial charge on any atom is -0.303 e. The van der Waals surface area contributed by atoms with Crippen LogP contribution in [0.2, 0.25) is 0 Å². The zero-order chi connectivity index (χ0) is 19.0. The first-order chi connectivity index (χ1) is 13.0. The number of carbonyl (C=O) groups is 1. The van der Waals surface area contributed by atoms with Crippen molar-refractivity contribution in [3.05, 3.63) is 40.5 Å². The van der Waals surface area contributed by atoms with E-state index in [0.29, 0.717) is 16.9 Å². The summed E-state index contributed by atoms with van der Waals surface area (Å²) in [5.41, 5.74) is 4.37. The standard InChI is InChI=1S/C19H21N5OS2/c1-11-4-5-12(2)15(8-11)16-9-26-18(20-16)21-17(25)10-27-19-23-22-13(3)24(19)14-6-7-14/h4-5,8-9,14H,6-7,10H2,1-3H3,(H,20,21,25). The van der Waals surface area contributed by atoms with Crippen LogP contribution in [-0.2, 0) is 4.79 Å². The number of hydrogen-bond acceptors (Lipinski definition) is 6. The molecule has 140 valence electrons. The monoisotopic (exact) mass is 399 g/mol. The highest BCUT2D eigenvalue weighted by Crippen LogP contribution is 2.38. The summed E-state index contributed by atoms with van der Waals surface area (Å²) >= 11 is 2.87. The summed E-state index contributed by atoms with van der Waals surface area (Å²) in [6, 6.07) is 6.81. The summed E-state index contributed by atoms with van der Waals surface area (Å²) in [5, 5.41) is 14.7. The predicted octanol–water partition coefficient (Wildman–Crippen LogP) is 4.39. The molecule has 0 spiro atoms. The van der Waals surface area contributed by atoms with Crippen molar-refractivity contribution in [1.29, 1.82) is 0 Å². The van der Waals surface area contributed by atoms with Gasteiger partial charge >= 0.3 is 0 Å². The third-order valence-corrected chi connectivity index (χ3v) is 6.20. The van der Waals surface area contributed by atoms with E-state index in [1.807, 2.05) is 12.3 Å². The second-order valence-electron chi connectivity index (χ2n) is 6.82. The zero-order valence-electron chi connectivity index (χ0n) is 15.5. The number of hydrogen-bond donors (Lipinski definition) is 1. The molecule has 4 rings (SSSR count). The van der Waals surface area contributed by atoms with Gasteiger partial charge in [-0.2, -0.15) is 0 Å². The molecule has 1 amide bonds. The molecule has 1 aliphatic carbocycles. The van der Waals surface area contributed by atoms with Crippen LogP contribution in [0.4, 0.5) is 5.13 Å². The summed E-state index contributed by atoms with van der Waals surface area (Å²) in [7, 11) is 0. The van der Waals surface area contributed by atoms with E-state index in [1.165, 1.54) is 47.1 Å². The van der Waals surface area contributed by atoms with Crippen LogP contribution in [0.1, 0.15) is 35.8 Å². The molecule has 3 aromatic rings. The summed E-state index contributed by atoms with van der Waals surface area (Å²) in [5.74, 6) is 1.13. The molecular weight excluding hydrogens is 378 g/mol. The quantitative estimate of drug-likeness (QED) is 0.622. The molecule has 0 unspecified atom stereocenters. The van der Waals surface area contributed by atoms with Gasteiger partial charge in [0.2, 0.25) is 5.91 Å². The van der Waals surface area contributed by atoms with Gasteiger partial charge in [0, 0.05) is 17.0 Å². The Hall–Kier alpha value is -2.19. The van der Waals surface area contributed by atoms with Crippen molar-refractivity contribution in [2.45, 2.75) is 44.8 Å². The molecule has 0 bridgehead atoms. The number of aryl methyl sites for hydroxylation is 3. The maximum Gasteiger partial charge on any atom is 0.236 e. The van der Waals surface area contributed by atoms with Crippen molar-refractivity contribution in [2.24, 2.45) is 0 Å². The maximum atomic E-state index is 12.3. The number of thiazole rings is 1. The molecule has 1 aromatic carbocycles. The highest BCUT2D eigenvalue weighted by molar-refractivity contribution is 7.99. The minimum absolute atomic E-state index is 0.0788. The highest BCUT2D eigenvalue weighted by Gasteiger charge is 2.28. The number of nitrogens with one attached hydrogen (secondary N) is 1. The van der Waals surface area contributed by atoms with Crippen molar-refractivity contribution < 1.29 is 4.79 Å². The first kappa shape index (κ1) is 18.2. The van der Waals surface area contributed by atoms with Crippen LogP contribution in [0.3, 0.4) is 0 Å². The maximum absolute atomic E-state index is 12.3. The lowest BCUT2D eigenvalue weighted by atomic mass is 10.0. The largest absolute Gasteiger partial charge is 0.303 e. The Morgan fingerprint density at radius 2 is 2.11 bits per heavy atom. The van der Waals surface area contributed by atoms with E-state index in [1.54, 1.807) is 0 Å². The van der Waals surface area contributed by atoms with Crippen molar-refractivity contribution in [2.75, 3.05) is 11.1 Å². The Labute approximate surface area is 166 Å². The van der Waals surface area contributed by atoms with Crippen LogP contribution in [0.5, 0.6) is 0 Å². The number of nitrogens with zero attached hydrogens (tertiary/aromatic N) is 4. The summed E-state index contributed by atoms with van der Waals surface area (Å²) < 4.78 is 2.14. The lowest BCUT2D eigenvalue weighted by Crippen LogP contribution is -2.14. The molecule has 0 saturated heterocycles. The molecule has 1 fully saturated rings. The Morgan fingerprint density at radius 1 is 1.30 bits per heavy atom. The third kappa shape index (κ3) is 4.06. The highest BCUT2D eigenvalue weighted by atomic mass is 32.2. The Morgan fingerprint density at radius 3 is 2.89 bits per heavy atom. The first-order valence-electron chi connectivity index (χ1n) is 8.88. The average molecular weight is 400 g/mol. The molecule has 0 aliphatic heterocycles. The minimum atomic E-state index is -0.0788. The summed E-state index contributed by atoms with van der Waals surface area (Å²) in [6.45, 7) is 6.10. The SMILES string of the molecule is Cc1ccc(C)c(-c2csc(NC(=O)CSc3nnc(C)n3C3CC3)n2)c1. The molecular formula is C19H21N5OS2. The molecule has 8 heteroatoms. The molecule has 27 heavy (non-hydrogen) atoms. The van der Waals surface area contributed by atoms with E-state index in [-0.39, 0.29) is 5.91 Å². The molecule has 2 aromatic heterocycles. The van der Waals surface area contributed by atoms with Gasteiger partial charge in [-0.1, -0.05) is 29.5 Å². The fourth-order valence-corrected chi connectivity index (χ4v) is 4.53. The summed E-state index contributed by atoms with van der Waals surface area (Å²) in [4.78, 5) is 16.9. The number of rotatable bonds is 6. The predicted molar refractivity (Wildman–Crippen MR) is 109 cm³/mol. The zero-order valence-corrected chi connectivity index (χ0v) is 17.2. The van der Waals surface area contributed by atoms with Crippen molar-refractivity contribution in [3.8, 4) is 11.3 Å². The van der Waals surface area contributed by atoms with Gasteiger partial charge < -0.3 is 9.88 Å². The van der Waals surface area contributed by atoms with Crippen molar-refractivity contribution in [3.63, 3.8) is 0 Å². The molecule has 0 atom stereocenters. The number of benzene rings is 1. The van der Waals surface area contributed by atoms with E-state index in [4.69, 9.17) is 0 Å². The van der Waals surface area contributed by atoms with Gasteiger partial charge in [0.25, 0.3) is 0 Å². The smallest absolute Gasteiger partial charge is 0.236 e. The number of amides is 1. The van der Waals surface area contributed by atoms with E-state index < -0.39 is 0 Å². The molecule has 1 saturated carbocycles. The van der Waals surface area contributed by atoms with Crippen molar-refractivity contribution in [1.82, 2.24) is 19.7 Å². The normalized spacial score (nSPS) is 13.7. The number of carbonyl (C=O) groups excluding carboxylic acids is 1. The topological polar surface area (TPSA) is 72.7 Å². The number of aromatic nitrogens is 4. The van der Waals surface area contributed by atoms with Crippen LogP contribution in [0.15, 0.2) is 28.7 Å². The molecule has 1 aliphatic rings. The van der Waals surface area contributed by atoms with Crippen LogP contribution >= 0.6 is 23.1 Å². The average Bonchev–Trinajstić information content (AvgIpc) is 3.25. The van der Waals surface area contributed by atoms with Gasteiger partial charge in [-0.05, 0) is 45.2 Å². The third-order valence-electron chi connectivity index (χ3n) is 4.50. The molecule has 6 nitrogen and oxygen atoms in total. The fraction of sp³-hybridized carbons (Fsp3) is 0.368. The number of thioether (sulfide) groups is 1. The summed E-state index contributed by atoms with van der Waals surface area (Å²) in [6.07, 6.45) is 2.33. The molecule has 2 heterocycles. The fourth-order valence-electron chi connectivity index (χ4n) is 2.95. The van der Waals surface area contributed by atoms with Gasteiger partial charge in [-0.3, -0.25) is 4.79 Å². The van der Waals surface area contributed by atoms with Crippen LogP contribution in [-0.4, -0.2) is 31.4 Å². The second kappa shape index (κ2) is 7.44. The molecule has 1 N–H and O–H groups in total. The van der Waals surface area contributed by atoms with E-state index in [0.717, 1.165) is 22.2 Å². The van der Waals surface area contributed by atoms with Gasteiger partial charge in [0.05, 0.1) is 11.4 Å². The first-order valence-corrected chi connectivity index (χ1v) is 10.7. The van der Waals surface area contributed by atoms with Crippen LogP contribution in [0.25, 0.3) is 11.3 Å². The molecule has 0 radical (unpaired) electrons. The second-order valence-corrected chi connectivity index (χ2v) is 8.62.